The van der Waals surface area contributed by atoms with Gasteiger partial charge in [-0.2, -0.15) is 13.2 Å². The summed E-state index contributed by atoms with van der Waals surface area (Å²) in [5, 5.41) is 5.35. The van der Waals surface area contributed by atoms with Crippen molar-refractivity contribution in [3.8, 4) is 0 Å². The summed E-state index contributed by atoms with van der Waals surface area (Å²) in [7, 11) is 0. The molecule has 0 atom stereocenters. The zero-order valence-corrected chi connectivity index (χ0v) is 11.2. The standard InChI is InChI=1S/C12H15F3N2OS/c1-2-7-16-8-11(18)17-9-5-3-4-6-10(9)19-12(13,14)15/h3-6,16H,2,7-8H2,1H3,(H,17,18). The van der Waals surface area contributed by atoms with Crippen LogP contribution in [0, 0.1) is 0 Å². The summed E-state index contributed by atoms with van der Waals surface area (Å²) in [6.45, 7) is 2.73. The lowest BCUT2D eigenvalue weighted by molar-refractivity contribution is -0.115. The molecule has 7 heteroatoms. The van der Waals surface area contributed by atoms with Crippen molar-refractivity contribution in [2.24, 2.45) is 0 Å². The average molecular weight is 292 g/mol. The van der Waals surface area contributed by atoms with Crippen molar-refractivity contribution in [2.45, 2.75) is 23.7 Å². The van der Waals surface area contributed by atoms with E-state index in [1.54, 1.807) is 6.07 Å². The Morgan fingerprint density at radius 3 is 2.63 bits per heavy atom. The smallest absolute Gasteiger partial charge is 0.324 e. The van der Waals surface area contributed by atoms with Gasteiger partial charge >= 0.3 is 5.51 Å². The molecule has 0 saturated carbocycles. The van der Waals surface area contributed by atoms with Crippen LogP contribution in [0.2, 0.25) is 0 Å². The van der Waals surface area contributed by atoms with Crippen LogP contribution in [0.4, 0.5) is 18.9 Å². The Labute approximate surface area is 114 Å². The summed E-state index contributed by atoms with van der Waals surface area (Å²) < 4.78 is 37.0. The largest absolute Gasteiger partial charge is 0.446 e. The zero-order chi connectivity index (χ0) is 14.3. The van der Waals surface area contributed by atoms with Crippen molar-refractivity contribution in [2.75, 3.05) is 18.4 Å². The van der Waals surface area contributed by atoms with Crippen LogP contribution in [-0.2, 0) is 4.79 Å². The monoisotopic (exact) mass is 292 g/mol. The van der Waals surface area contributed by atoms with Gasteiger partial charge < -0.3 is 10.6 Å². The number of amides is 1. The molecule has 0 fully saturated rings. The number of rotatable bonds is 6. The summed E-state index contributed by atoms with van der Waals surface area (Å²) in [4.78, 5) is 11.5. The second-order valence-electron chi connectivity index (χ2n) is 3.77. The van der Waals surface area contributed by atoms with E-state index in [0.29, 0.717) is 6.54 Å². The van der Waals surface area contributed by atoms with E-state index < -0.39 is 5.51 Å². The first kappa shape index (κ1) is 15.8. The minimum absolute atomic E-state index is 0.0150. The first-order chi connectivity index (χ1) is 8.92. The van der Waals surface area contributed by atoms with E-state index >= 15 is 0 Å². The van der Waals surface area contributed by atoms with Crippen molar-refractivity contribution in [1.82, 2.24) is 5.32 Å². The van der Waals surface area contributed by atoms with Gasteiger partial charge in [-0.05, 0) is 36.9 Å². The Kier molecular flexibility index (Phi) is 6.17. The molecule has 0 unspecified atom stereocenters. The minimum atomic E-state index is -4.37. The summed E-state index contributed by atoms with van der Waals surface area (Å²) >= 11 is -0.237. The lowest BCUT2D eigenvalue weighted by Crippen LogP contribution is -2.28. The van der Waals surface area contributed by atoms with Crippen LogP contribution in [0.15, 0.2) is 29.2 Å². The highest BCUT2D eigenvalue weighted by molar-refractivity contribution is 8.00. The van der Waals surface area contributed by atoms with Crippen LogP contribution in [0.1, 0.15) is 13.3 Å². The molecule has 0 heterocycles. The maximum Gasteiger partial charge on any atom is 0.446 e. The van der Waals surface area contributed by atoms with Crippen LogP contribution >= 0.6 is 11.8 Å². The van der Waals surface area contributed by atoms with Gasteiger partial charge in [0.05, 0.1) is 12.2 Å². The van der Waals surface area contributed by atoms with Gasteiger partial charge in [0.15, 0.2) is 0 Å². The molecule has 19 heavy (non-hydrogen) atoms. The van der Waals surface area contributed by atoms with Gasteiger partial charge in [-0.3, -0.25) is 4.79 Å². The Morgan fingerprint density at radius 1 is 1.32 bits per heavy atom. The number of halogens is 3. The van der Waals surface area contributed by atoms with Gasteiger partial charge in [0.25, 0.3) is 0 Å². The first-order valence-corrected chi connectivity index (χ1v) is 6.59. The number of nitrogens with one attached hydrogen (secondary N) is 2. The third-order valence-electron chi connectivity index (χ3n) is 2.10. The molecule has 0 saturated heterocycles. The molecule has 0 bridgehead atoms. The predicted octanol–water partition coefficient (Wildman–Crippen LogP) is 3.24. The summed E-state index contributed by atoms with van der Waals surface area (Å²) in [6.07, 6.45) is 0.883. The molecule has 3 nitrogen and oxygen atoms in total. The van der Waals surface area contributed by atoms with Gasteiger partial charge in [-0.15, -0.1) is 0 Å². The Balaban J connectivity index is 2.64. The number of para-hydroxylation sites is 1. The number of carbonyl (C=O) groups excluding carboxylic acids is 1. The lowest BCUT2D eigenvalue weighted by Gasteiger charge is -2.12. The predicted molar refractivity (Wildman–Crippen MR) is 70.1 cm³/mol. The number of hydrogen-bond acceptors (Lipinski definition) is 3. The molecule has 2 N–H and O–H groups in total. The van der Waals surface area contributed by atoms with E-state index in [9.17, 15) is 18.0 Å². The van der Waals surface area contributed by atoms with Gasteiger partial charge in [0, 0.05) is 4.90 Å². The van der Waals surface area contributed by atoms with Crippen LogP contribution < -0.4 is 10.6 Å². The maximum atomic E-state index is 12.3. The van der Waals surface area contributed by atoms with Crippen LogP contribution in [0.5, 0.6) is 0 Å². The quantitative estimate of drug-likeness (QED) is 0.625. The third-order valence-corrected chi connectivity index (χ3v) is 2.91. The molecule has 1 amide bonds. The molecule has 0 aliphatic carbocycles. The fraction of sp³-hybridized carbons (Fsp3) is 0.417. The van der Waals surface area contributed by atoms with Gasteiger partial charge in [-0.25, -0.2) is 0 Å². The van der Waals surface area contributed by atoms with Crippen molar-refractivity contribution in [1.29, 1.82) is 0 Å². The molecule has 106 valence electrons. The molecular weight excluding hydrogens is 277 g/mol. The van der Waals surface area contributed by atoms with Crippen molar-refractivity contribution in [3.63, 3.8) is 0 Å². The second kappa shape index (κ2) is 7.40. The summed E-state index contributed by atoms with van der Waals surface area (Å²) in [5.74, 6) is -0.358. The molecule has 0 radical (unpaired) electrons. The van der Waals surface area contributed by atoms with Gasteiger partial charge in [0.2, 0.25) is 5.91 Å². The highest BCUT2D eigenvalue weighted by Crippen LogP contribution is 2.40. The Hall–Kier alpha value is -1.21. The fourth-order valence-corrected chi connectivity index (χ4v) is 1.98. The molecule has 1 aromatic rings. The van der Waals surface area contributed by atoms with Gasteiger partial charge in [-0.1, -0.05) is 19.1 Å². The molecule has 0 aliphatic heterocycles. The Bertz CT molecular complexity index is 424. The fourth-order valence-electron chi connectivity index (χ4n) is 1.36. The number of benzene rings is 1. The minimum Gasteiger partial charge on any atom is -0.324 e. The number of alkyl halides is 3. The third kappa shape index (κ3) is 6.49. The van der Waals surface area contributed by atoms with E-state index in [1.807, 2.05) is 6.92 Å². The molecule has 1 rings (SSSR count). The van der Waals surface area contributed by atoms with E-state index in [0.717, 1.165) is 6.42 Å². The Morgan fingerprint density at radius 2 is 2.00 bits per heavy atom. The van der Waals surface area contributed by atoms with Crippen molar-refractivity contribution < 1.29 is 18.0 Å². The zero-order valence-electron chi connectivity index (χ0n) is 10.4. The number of carbonyl (C=O) groups is 1. The van der Waals surface area contributed by atoms with Crippen molar-refractivity contribution >= 4 is 23.4 Å². The highest BCUT2D eigenvalue weighted by atomic mass is 32.2. The second-order valence-corrected chi connectivity index (χ2v) is 4.88. The molecular formula is C12H15F3N2OS. The normalized spacial score (nSPS) is 11.4. The molecule has 0 aliphatic rings. The van der Waals surface area contributed by atoms with Crippen molar-refractivity contribution in [3.05, 3.63) is 24.3 Å². The number of hydrogen-bond donors (Lipinski definition) is 2. The van der Waals surface area contributed by atoms with Gasteiger partial charge in [0.1, 0.15) is 0 Å². The SMILES string of the molecule is CCCNCC(=O)Nc1ccccc1SC(F)(F)F. The van der Waals surface area contributed by atoms with Crippen LogP contribution in [0.3, 0.4) is 0 Å². The molecule has 0 aromatic heterocycles. The van der Waals surface area contributed by atoms with Crippen LogP contribution in [0.25, 0.3) is 0 Å². The van der Waals surface area contributed by atoms with Crippen LogP contribution in [-0.4, -0.2) is 24.5 Å². The first-order valence-electron chi connectivity index (χ1n) is 5.77. The lowest BCUT2D eigenvalue weighted by atomic mass is 10.3. The maximum absolute atomic E-state index is 12.3. The van der Waals surface area contributed by atoms with E-state index in [4.69, 9.17) is 0 Å². The van der Waals surface area contributed by atoms with E-state index in [1.165, 1.54) is 18.2 Å². The topological polar surface area (TPSA) is 41.1 Å². The average Bonchev–Trinajstić information content (AvgIpc) is 2.30. The number of thioether (sulfide) groups is 1. The molecule has 1 aromatic carbocycles. The molecule has 0 spiro atoms. The summed E-state index contributed by atoms with van der Waals surface area (Å²) in [6, 6.07) is 5.85. The highest BCUT2D eigenvalue weighted by Gasteiger charge is 2.30. The number of anilines is 1. The van der Waals surface area contributed by atoms with E-state index in [-0.39, 0.29) is 34.8 Å². The summed E-state index contributed by atoms with van der Waals surface area (Å²) in [5.41, 5.74) is -4.20. The van der Waals surface area contributed by atoms with E-state index in [2.05, 4.69) is 10.6 Å².